The normalized spacial score (nSPS) is 16.3. The van der Waals surface area contributed by atoms with Gasteiger partial charge in [0.2, 0.25) is 0 Å². The number of fused-ring (bicyclic) bond motifs is 1. The van der Waals surface area contributed by atoms with E-state index in [1.165, 1.54) is 53.5 Å². The molecule has 0 spiro atoms. The number of imidazole rings is 1. The fraction of sp³-hybridized carbons (Fsp3) is 0.458. The Morgan fingerprint density at radius 2 is 1.66 bits per heavy atom. The summed E-state index contributed by atoms with van der Waals surface area (Å²) in [5.74, 6) is 0. The van der Waals surface area contributed by atoms with Crippen LogP contribution in [0.3, 0.4) is 0 Å². The molecular formula is C24H33Cl2N3. The smallest absolute Gasteiger partial charge is 0.0931 e. The van der Waals surface area contributed by atoms with E-state index in [9.17, 15) is 0 Å². The summed E-state index contributed by atoms with van der Waals surface area (Å²) in [6.45, 7) is 10.3. The first-order valence-corrected chi connectivity index (χ1v) is 10.2. The predicted molar refractivity (Wildman–Crippen MR) is 128 cm³/mol. The van der Waals surface area contributed by atoms with Crippen molar-refractivity contribution in [3.05, 3.63) is 53.3 Å². The standard InChI is InChI=1S/C24H31N3.2ClH/c1-16-11-19(18-5-6-22-23(13-18)27-15-26-22)12-17(2)21(16)14-25-20-7-9-24(3,4)10-8-20;;/h5-6,11-13,15,20,25H,7-10,14H2,1-4H3,(H,26,27);2*1H. The van der Waals surface area contributed by atoms with Gasteiger partial charge in [-0.3, -0.25) is 0 Å². The summed E-state index contributed by atoms with van der Waals surface area (Å²) in [6, 6.07) is 11.8. The zero-order valence-corrected chi connectivity index (χ0v) is 19.5. The van der Waals surface area contributed by atoms with E-state index >= 15 is 0 Å². The summed E-state index contributed by atoms with van der Waals surface area (Å²) < 4.78 is 0. The molecule has 4 rings (SSSR count). The van der Waals surface area contributed by atoms with Crippen LogP contribution in [0.4, 0.5) is 0 Å². The number of halogens is 2. The van der Waals surface area contributed by atoms with E-state index in [2.05, 4.69) is 73.3 Å². The SMILES string of the molecule is Cc1cc(-c2ccc3nc[nH]c3c2)cc(C)c1CNC1CCC(C)(C)CC1.Cl.Cl. The molecule has 1 aromatic heterocycles. The Labute approximate surface area is 186 Å². The molecule has 29 heavy (non-hydrogen) atoms. The molecule has 0 atom stereocenters. The van der Waals surface area contributed by atoms with E-state index < -0.39 is 0 Å². The first-order chi connectivity index (χ1) is 12.9. The molecule has 1 saturated carbocycles. The van der Waals surface area contributed by atoms with Gasteiger partial charge < -0.3 is 10.3 Å². The highest BCUT2D eigenvalue weighted by Gasteiger charge is 2.26. The molecule has 0 radical (unpaired) electrons. The summed E-state index contributed by atoms with van der Waals surface area (Å²) in [7, 11) is 0. The van der Waals surface area contributed by atoms with Crippen LogP contribution >= 0.6 is 24.8 Å². The second-order valence-corrected chi connectivity index (χ2v) is 9.04. The molecule has 1 aliphatic carbocycles. The van der Waals surface area contributed by atoms with Crippen LogP contribution in [0.2, 0.25) is 0 Å². The maximum atomic E-state index is 4.32. The fourth-order valence-corrected chi connectivity index (χ4v) is 4.40. The molecule has 0 bridgehead atoms. The molecule has 5 heteroatoms. The highest BCUT2D eigenvalue weighted by atomic mass is 35.5. The second kappa shape index (κ2) is 9.51. The summed E-state index contributed by atoms with van der Waals surface area (Å²) in [5, 5.41) is 3.82. The van der Waals surface area contributed by atoms with Crippen molar-refractivity contribution in [1.82, 2.24) is 15.3 Å². The molecule has 2 aromatic carbocycles. The van der Waals surface area contributed by atoms with Crippen molar-refractivity contribution < 1.29 is 0 Å². The van der Waals surface area contributed by atoms with Gasteiger partial charge in [0.05, 0.1) is 17.4 Å². The molecule has 0 aliphatic heterocycles. The molecule has 2 N–H and O–H groups in total. The van der Waals surface area contributed by atoms with Crippen LogP contribution in [0.15, 0.2) is 36.7 Å². The minimum absolute atomic E-state index is 0. The van der Waals surface area contributed by atoms with Crippen molar-refractivity contribution in [2.75, 3.05) is 0 Å². The summed E-state index contributed by atoms with van der Waals surface area (Å²) >= 11 is 0. The Balaban J connectivity index is 0.00000150. The zero-order valence-electron chi connectivity index (χ0n) is 17.8. The van der Waals surface area contributed by atoms with E-state index in [4.69, 9.17) is 0 Å². The third kappa shape index (κ3) is 5.33. The molecule has 0 unspecified atom stereocenters. The van der Waals surface area contributed by atoms with Gasteiger partial charge in [0.15, 0.2) is 0 Å². The Morgan fingerprint density at radius 3 is 2.31 bits per heavy atom. The van der Waals surface area contributed by atoms with Gasteiger partial charge in [0.1, 0.15) is 0 Å². The molecule has 3 aromatic rings. The maximum Gasteiger partial charge on any atom is 0.0931 e. The second-order valence-electron chi connectivity index (χ2n) is 9.04. The van der Waals surface area contributed by atoms with E-state index in [0.29, 0.717) is 11.5 Å². The van der Waals surface area contributed by atoms with Crippen LogP contribution < -0.4 is 5.32 Å². The van der Waals surface area contributed by atoms with Gasteiger partial charge in [-0.05, 0) is 84.9 Å². The number of H-pyrrole nitrogens is 1. The minimum Gasteiger partial charge on any atom is -0.345 e. The van der Waals surface area contributed by atoms with Gasteiger partial charge in [0, 0.05) is 12.6 Å². The first-order valence-electron chi connectivity index (χ1n) is 10.2. The van der Waals surface area contributed by atoms with Crippen LogP contribution in [-0.4, -0.2) is 16.0 Å². The van der Waals surface area contributed by atoms with Crippen molar-refractivity contribution >= 4 is 35.8 Å². The van der Waals surface area contributed by atoms with Crippen LogP contribution in [0.5, 0.6) is 0 Å². The molecule has 1 aliphatic rings. The lowest BCUT2D eigenvalue weighted by molar-refractivity contribution is 0.206. The minimum atomic E-state index is 0. The zero-order chi connectivity index (χ0) is 19.0. The largest absolute Gasteiger partial charge is 0.345 e. The number of aryl methyl sites for hydroxylation is 2. The highest BCUT2D eigenvalue weighted by molar-refractivity contribution is 5.85. The van der Waals surface area contributed by atoms with Crippen molar-refractivity contribution in [2.24, 2.45) is 5.41 Å². The molecular weight excluding hydrogens is 401 g/mol. The van der Waals surface area contributed by atoms with E-state index in [0.717, 1.165) is 17.6 Å². The number of benzene rings is 2. The van der Waals surface area contributed by atoms with Gasteiger partial charge in [-0.1, -0.05) is 32.0 Å². The number of nitrogens with zero attached hydrogens (tertiary/aromatic N) is 1. The van der Waals surface area contributed by atoms with Gasteiger partial charge >= 0.3 is 0 Å². The van der Waals surface area contributed by atoms with Crippen LogP contribution in [-0.2, 0) is 6.54 Å². The summed E-state index contributed by atoms with van der Waals surface area (Å²) in [6.07, 6.45) is 7.02. The highest BCUT2D eigenvalue weighted by Crippen LogP contribution is 2.35. The molecule has 1 fully saturated rings. The van der Waals surface area contributed by atoms with Gasteiger partial charge in [-0.2, -0.15) is 0 Å². The van der Waals surface area contributed by atoms with Crippen molar-refractivity contribution in [1.29, 1.82) is 0 Å². The average molecular weight is 434 g/mol. The topological polar surface area (TPSA) is 40.7 Å². The Kier molecular flexibility index (Phi) is 7.78. The third-order valence-corrected chi connectivity index (χ3v) is 6.36. The lowest BCUT2D eigenvalue weighted by atomic mass is 9.75. The summed E-state index contributed by atoms with van der Waals surface area (Å²) in [5.41, 5.74) is 9.36. The Morgan fingerprint density at radius 1 is 1.00 bits per heavy atom. The van der Waals surface area contributed by atoms with Crippen molar-refractivity contribution in [3.8, 4) is 11.1 Å². The van der Waals surface area contributed by atoms with Gasteiger partial charge in [-0.15, -0.1) is 24.8 Å². The molecule has 1 heterocycles. The Hall–Kier alpha value is -1.55. The maximum absolute atomic E-state index is 4.32. The number of nitrogens with one attached hydrogen (secondary N) is 2. The lowest BCUT2D eigenvalue weighted by Crippen LogP contribution is -2.35. The molecule has 0 saturated heterocycles. The molecule has 3 nitrogen and oxygen atoms in total. The molecule has 0 amide bonds. The number of aromatic nitrogens is 2. The molecule has 158 valence electrons. The van der Waals surface area contributed by atoms with E-state index in [1.807, 2.05) is 0 Å². The van der Waals surface area contributed by atoms with E-state index in [-0.39, 0.29) is 24.8 Å². The van der Waals surface area contributed by atoms with Crippen LogP contribution in [0, 0.1) is 19.3 Å². The number of hydrogen-bond donors (Lipinski definition) is 2. The fourth-order valence-electron chi connectivity index (χ4n) is 4.40. The first kappa shape index (κ1) is 23.7. The van der Waals surface area contributed by atoms with Gasteiger partial charge in [0.25, 0.3) is 0 Å². The van der Waals surface area contributed by atoms with Crippen LogP contribution in [0.1, 0.15) is 56.2 Å². The van der Waals surface area contributed by atoms with Gasteiger partial charge in [-0.25, -0.2) is 4.98 Å². The van der Waals surface area contributed by atoms with Crippen molar-refractivity contribution in [3.63, 3.8) is 0 Å². The number of aromatic amines is 1. The lowest BCUT2D eigenvalue weighted by Gasteiger charge is -2.35. The number of hydrogen-bond acceptors (Lipinski definition) is 2. The van der Waals surface area contributed by atoms with Crippen LogP contribution in [0.25, 0.3) is 22.2 Å². The van der Waals surface area contributed by atoms with Crippen molar-refractivity contribution in [2.45, 2.75) is 66.0 Å². The number of rotatable bonds is 4. The third-order valence-electron chi connectivity index (χ3n) is 6.36. The summed E-state index contributed by atoms with van der Waals surface area (Å²) in [4.78, 5) is 7.53. The van der Waals surface area contributed by atoms with E-state index in [1.54, 1.807) is 6.33 Å². The quantitative estimate of drug-likeness (QED) is 0.477. The monoisotopic (exact) mass is 433 g/mol. The Bertz CT molecular complexity index is 929. The predicted octanol–water partition coefficient (Wildman–Crippen LogP) is 6.75. The average Bonchev–Trinajstić information content (AvgIpc) is 3.09.